The van der Waals surface area contributed by atoms with E-state index in [9.17, 15) is 14.9 Å². The zero-order valence-corrected chi connectivity index (χ0v) is 11.3. The maximum atomic E-state index is 11.1. The van der Waals surface area contributed by atoms with Gasteiger partial charge in [-0.3, -0.25) is 14.9 Å². The first-order valence-electron chi connectivity index (χ1n) is 5.11. The Kier molecular flexibility index (Phi) is 5.63. The fourth-order valence-electron chi connectivity index (χ4n) is 1.19. The van der Waals surface area contributed by atoms with Gasteiger partial charge in [0.15, 0.2) is 0 Å². The molecule has 0 fully saturated rings. The number of amides is 1. The summed E-state index contributed by atoms with van der Waals surface area (Å²) in [5, 5.41) is 23.1. The first-order chi connectivity index (χ1) is 9.08. The molecule has 8 heteroatoms. The number of nitrogens with zero attached hydrogens (tertiary/aromatic N) is 3. The van der Waals surface area contributed by atoms with E-state index < -0.39 is 10.8 Å². The highest BCUT2D eigenvalue weighted by Crippen LogP contribution is 2.13. The van der Waals surface area contributed by atoms with Gasteiger partial charge in [-0.25, -0.2) is 5.43 Å². The Morgan fingerprint density at radius 3 is 2.58 bits per heavy atom. The summed E-state index contributed by atoms with van der Waals surface area (Å²) in [6.07, 6.45) is -0.278. The van der Waals surface area contributed by atoms with E-state index in [0.717, 1.165) is 0 Å². The minimum atomic E-state index is -0.511. The van der Waals surface area contributed by atoms with Crippen molar-refractivity contribution in [2.45, 2.75) is 6.42 Å². The van der Waals surface area contributed by atoms with Crippen LogP contribution in [0, 0.1) is 21.4 Å². The Balaban J connectivity index is 2.85. The summed E-state index contributed by atoms with van der Waals surface area (Å²) in [4.78, 5) is 21.1. The molecular weight excluding hydrogens is 316 g/mol. The predicted molar refractivity (Wildman–Crippen MR) is 71.8 cm³/mol. The molecule has 0 aliphatic carbocycles. The van der Waals surface area contributed by atoms with Crippen LogP contribution in [-0.2, 0) is 4.79 Å². The van der Waals surface area contributed by atoms with Gasteiger partial charge in [0.05, 0.1) is 16.7 Å². The molecule has 0 spiro atoms. The molecule has 19 heavy (non-hydrogen) atoms. The van der Waals surface area contributed by atoms with Gasteiger partial charge in [0.25, 0.3) is 11.6 Å². The fourth-order valence-corrected chi connectivity index (χ4v) is 1.64. The Bertz CT molecular complexity index is 548. The molecule has 0 saturated carbocycles. The van der Waals surface area contributed by atoms with E-state index in [1.165, 1.54) is 24.3 Å². The number of carbonyl (C=O) groups excluding carboxylic acids is 1. The molecule has 1 N–H and O–H groups in total. The summed E-state index contributed by atoms with van der Waals surface area (Å²) in [6.45, 7) is 0. The van der Waals surface area contributed by atoms with Gasteiger partial charge in [-0.15, -0.1) is 0 Å². The third-order valence-electron chi connectivity index (χ3n) is 2.09. The van der Waals surface area contributed by atoms with Crippen molar-refractivity contribution in [2.24, 2.45) is 5.10 Å². The van der Waals surface area contributed by atoms with Gasteiger partial charge in [-0.2, -0.15) is 10.4 Å². The number of hydrazone groups is 1. The van der Waals surface area contributed by atoms with Crippen molar-refractivity contribution < 1.29 is 9.72 Å². The van der Waals surface area contributed by atoms with Gasteiger partial charge >= 0.3 is 0 Å². The van der Waals surface area contributed by atoms with Gasteiger partial charge in [0.1, 0.15) is 6.42 Å². The summed E-state index contributed by atoms with van der Waals surface area (Å²) in [7, 11) is 0. The van der Waals surface area contributed by atoms with Crippen LogP contribution < -0.4 is 5.43 Å². The number of benzene rings is 1. The van der Waals surface area contributed by atoms with Crippen molar-refractivity contribution in [2.75, 3.05) is 5.33 Å². The smallest absolute Gasteiger partial charge is 0.269 e. The standard InChI is InChI=1S/C11H9BrN4O3/c12-7-10(14-15-11(17)5-6-13)8-1-3-9(4-2-8)16(18)19/h1-4H,5,7H2,(H,15,17)/b14-10-. The second-order valence-corrected chi connectivity index (χ2v) is 3.93. The van der Waals surface area contributed by atoms with Crippen LogP contribution in [0.4, 0.5) is 5.69 Å². The minimum Gasteiger partial charge on any atom is -0.272 e. The van der Waals surface area contributed by atoms with E-state index in [0.29, 0.717) is 16.6 Å². The number of nitrogens with one attached hydrogen (secondary N) is 1. The largest absolute Gasteiger partial charge is 0.272 e. The van der Waals surface area contributed by atoms with E-state index in [4.69, 9.17) is 5.26 Å². The highest BCUT2D eigenvalue weighted by atomic mass is 79.9. The lowest BCUT2D eigenvalue weighted by atomic mass is 10.1. The summed E-state index contributed by atoms with van der Waals surface area (Å²) in [5.74, 6) is -0.511. The predicted octanol–water partition coefficient (Wildman–Crippen LogP) is 1.72. The zero-order chi connectivity index (χ0) is 14.3. The van der Waals surface area contributed by atoms with Crippen molar-refractivity contribution in [1.82, 2.24) is 5.43 Å². The number of carbonyl (C=O) groups is 1. The fraction of sp³-hybridized carbons (Fsp3) is 0.182. The first kappa shape index (κ1) is 14.8. The number of hydrogen-bond acceptors (Lipinski definition) is 5. The van der Waals surface area contributed by atoms with Crippen LogP contribution in [0.3, 0.4) is 0 Å². The summed E-state index contributed by atoms with van der Waals surface area (Å²) in [5.41, 5.74) is 3.35. The lowest BCUT2D eigenvalue weighted by Gasteiger charge is -2.03. The molecule has 0 aromatic heterocycles. The van der Waals surface area contributed by atoms with Crippen LogP contribution in [0.15, 0.2) is 29.4 Å². The Morgan fingerprint density at radius 1 is 1.47 bits per heavy atom. The second-order valence-electron chi connectivity index (χ2n) is 3.37. The monoisotopic (exact) mass is 324 g/mol. The zero-order valence-electron chi connectivity index (χ0n) is 9.67. The maximum Gasteiger partial charge on any atom is 0.269 e. The average molecular weight is 325 g/mol. The number of hydrogen-bond donors (Lipinski definition) is 1. The first-order valence-corrected chi connectivity index (χ1v) is 6.23. The van der Waals surface area contributed by atoms with Crippen LogP contribution in [0.1, 0.15) is 12.0 Å². The van der Waals surface area contributed by atoms with Crippen molar-refractivity contribution in [3.63, 3.8) is 0 Å². The van der Waals surface area contributed by atoms with E-state index >= 15 is 0 Å². The number of alkyl halides is 1. The summed E-state index contributed by atoms with van der Waals surface area (Å²) < 4.78 is 0. The molecule has 0 aliphatic rings. The molecule has 0 atom stereocenters. The van der Waals surface area contributed by atoms with Gasteiger partial charge in [0.2, 0.25) is 0 Å². The minimum absolute atomic E-state index is 0.0220. The number of halogens is 1. The topological polar surface area (TPSA) is 108 Å². The maximum absolute atomic E-state index is 11.1. The van der Waals surface area contributed by atoms with Crippen LogP contribution in [0.25, 0.3) is 0 Å². The van der Waals surface area contributed by atoms with Crippen LogP contribution in [0.5, 0.6) is 0 Å². The molecule has 0 bridgehead atoms. The van der Waals surface area contributed by atoms with Crippen LogP contribution in [-0.4, -0.2) is 21.9 Å². The van der Waals surface area contributed by atoms with E-state index in [-0.39, 0.29) is 12.1 Å². The number of nitriles is 1. The van der Waals surface area contributed by atoms with Gasteiger partial charge in [-0.05, 0) is 17.7 Å². The molecule has 0 unspecified atom stereocenters. The molecule has 1 aromatic carbocycles. The molecule has 98 valence electrons. The van der Waals surface area contributed by atoms with Gasteiger partial charge < -0.3 is 0 Å². The number of nitro benzene ring substituents is 1. The van der Waals surface area contributed by atoms with Crippen molar-refractivity contribution in [3.8, 4) is 6.07 Å². The number of rotatable bonds is 5. The SMILES string of the molecule is N#CCC(=O)N/N=C(/CBr)c1ccc([N+](=O)[O-])cc1. The number of nitro groups is 1. The lowest BCUT2D eigenvalue weighted by Crippen LogP contribution is -2.19. The van der Waals surface area contributed by atoms with Crippen LogP contribution >= 0.6 is 15.9 Å². The van der Waals surface area contributed by atoms with E-state index in [1.807, 2.05) is 0 Å². The quantitative estimate of drug-likeness (QED) is 0.385. The van der Waals surface area contributed by atoms with Gasteiger partial charge in [-0.1, -0.05) is 15.9 Å². The summed E-state index contributed by atoms with van der Waals surface area (Å²) in [6, 6.07) is 7.48. The Labute approximate surface area is 117 Å². The molecule has 7 nitrogen and oxygen atoms in total. The lowest BCUT2D eigenvalue weighted by molar-refractivity contribution is -0.384. The third kappa shape index (κ3) is 4.48. The normalized spacial score (nSPS) is 10.6. The van der Waals surface area contributed by atoms with Crippen molar-refractivity contribution in [3.05, 3.63) is 39.9 Å². The molecule has 1 amide bonds. The van der Waals surface area contributed by atoms with E-state index in [2.05, 4.69) is 26.5 Å². The molecule has 0 radical (unpaired) electrons. The molecule has 0 aliphatic heterocycles. The van der Waals surface area contributed by atoms with Crippen molar-refractivity contribution >= 4 is 33.2 Å². The van der Waals surface area contributed by atoms with Gasteiger partial charge in [0, 0.05) is 17.5 Å². The second kappa shape index (κ2) is 7.23. The molecule has 0 heterocycles. The molecule has 1 aromatic rings. The van der Waals surface area contributed by atoms with Crippen molar-refractivity contribution in [1.29, 1.82) is 5.26 Å². The van der Waals surface area contributed by atoms with Crippen LogP contribution in [0.2, 0.25) is 0 Å². The Hall–Kier alpha value is -2.27. The summed E-state index contributed by atoms with van der Waals surface area (Å²) >= 11 is 3.21. The van der Waals surface area contributed by atoms with E-state index in [1.54, 1.807) is 6.07 Å². The average Bonchev–Trinajstić information content (AvgIpc) is 2.40. The Morgan fingerprint density at radius 2 is 2.11 bits per heavy atom. The molecular formula is C11H9BrN4O3. The molecule has 0 saturated heterocycles. The third-order valence-corrected chi connectivity index (χ3v) is 2.62. The molecule has 1 rings (SSSR count). The highest BCUT2D eigenvalue weighted by molar-refractivity contribution is 9.09. The highest BCUT2D eigenvalue weighted by Gasteiger charge is 2.08. The number of non-ortho nitro benzene ring substituents is 1.